The smallest absolute Gasteiger partial charge is 0.279 e. The first kappa shape index (κ1) is 16.2. The van der Waals surface area contributed by atoms with Crippen molar-refractivity contribution in [3.63, 3.8) is 0 Å². The molecule has 0 aliphatic heterocycles. The van der Waals surface area contributed by atoms with Gasteiger partial charge < -0.3 is 10.2 Å². The van der Waals surface area contributed by atoms with Crippen LogP contribution in [-0.4, -0.2) is 26.0 Å². The average Bonchev–Trinajstić information content (AvgIpc) is 2.33. The molecule has 0 saturated heterocycles. The number of anilines is 1. The predicted molar refractivity (Wildman–Crippen MR) is 80.7 cm³/mol. The maximum absolute atomic E-state index is 12.1. The van der Waals surface area contributed by atoms with Gasteiger partial charge in [0.2, 0.25) is 0 Å². The highest BCUT2D eigenvalue weighted by atomic mass is 16.2. The number of nitrogens with one attached hydrogen (secondary N) is 2. The van der Waals surface area contributed by atoms with Crippen molar-refractivity contribution in [3.8, 4) is 6.07 Å². The Morgan fingerprint density at radius 3 is 2.40 bits per heavy atom. The molecule has 0 spiro atoms. The van der Waals surface area contributed by atoms with E-state index >= 15 is 0 Å². The molecule has 0 saturated carbocycles. The van der Waals surface area contributed by atoms with Crippen LogP contribution in [0, 0.1) is 38.0 Å². The molecular weight excluding hydrogens is 250 g/mol. The zero-order valence-corrected chi connectivity index (χ0v) is 13.0. The summed E-state index contributed by atoms with van der Waals surface area (Å²) in [5, 5.41) is 11.8. The summed E-state index contributed by atoms with van der Waals surface area (Å²) in [4.78, 5) is 13.1. The van der Waals surface area contributed by atoms with Gasteiger partial charge in [-0.3, -0.25) is 4.79 Å². The highest BCUT2D eigenvalue weighted by Crippen LogP contribution is 2.21. The first-order chi connectivity index (χ1) is 9.33. The first-order valence-corrected chi connectivity index (χ1v) is 6.92. The van der Waals surface area contributed by atoms with E-state index in [2.05, 4.69) is 23.5 Å². The average molecular weight is 274 g/mol. The molecule has 1 aromatic carbocycles. The van der Waals surface area contributed by atoms with Crippen LogP contribution in [0.4, 0.5) is 5.69 Å². The van der Waals surface area contributed by atoms with E-state index in [0.29, 0.717) is 13.1 Å². The fraction of sp³-hybridized carbons (Fsp3) is 0.500. The van der Waals surface area contributed by atoms with E-state index in [9.17, 15) is 4.79 Å². The van der Waals surface area contributed by atoms with Crippen molar-refractivity contribution in [2.45, 2.75) is 27.7 Å². The van der Waals surface area contributed by atoms with Crippen molar-refractivity contribution in [1.82, 2.24) is 0 Å². The number of carbonyl (C=O) groups is 1. The number of nitriles is 1. The molecule has 2 N–H and O–H groups in total. The number of quaternary nitrogens is 1. The monoisotopic (exact) mass is 274 g/mol. The lowest BCUT2D eigenvalue weighted by atomic mass is 10.1. The molecule has 108 valence electrons. The Kier molecular flexibility index (Phi) is 5.72. The Hall–Kier alpha value is -1.86. The number of rotatable bonds is 5. The molecule has 0 heterocycles. The Bertz CT molecular complexity index is 508. The summed E-state index contributed by atoms with van der Waals surface area (Å²) in [6.07, 6.45) is 0. The molecule has 4 heteroatoms. The largest absolute Gasteiger partial charge is 0.329 e. The van der Waals surface area contributed by atoms with Gasteiger partial charge in [0.25, 0.3) is 5.91 Å². The van der Waals surface area contributed by atoms with E-state index in [1.165, 1.54) is 5.56 Å². The van der Waals surface area contributed by atoms with Gasteiger partial charge in [0, 0.05) is 5.69 Å². The fourth-order valence-electron chi connectivity index (χ4n) is 2.48. The van der Waals surface area contributed by atoms with Crippen LogP contribution in [0.2, 0.25) is 0 Å². The van der Waals surface area contributed by atoms with Gasteiger partial charge in [0.15, 0.2) is 6.54 Å². The van der Waals surface area contributed by atoms with Crippen LogP contribution >= 0.6 is 0 Å². The quantitative estimate of drug-likeness (QED) is 0.848. The lowest BCUT2D eigenvalue weighted by Gasteiger charge is -2.16. The molecule has 1 unspecified atom stereocenters. The lowest BCUT2D eigenvalue weighted by Crippen LogP contribution is -3.10. The SMILES string of the molecule is Cc1cc(C)c(NC(=O)C[NH+](C)C[C@H](C)C#N)c(C)c1. The van der Waals surface area contributed by atoms with Gasteiger partial charge in [0.05, 0.1) is 25.6 Å². The number of nitrogens with zero attached hydrogens (tertiary/aromatic N) is 1. The number of carbonyl (C=O) groups excluding carboxylic acids is 1. The van der Waals surface area contributed by atoms with Crippen LogP contribution in [0.5, 0.6) is 0 Å². The number of likely N-dealkylation sites (N-methyl/N-ethyl adjacent to an activating group) is 1. The number of hydrogen-bond acceptors (Lipinski definition) is 2. The standard InChI is InChI=1S/C16H23N3O/c1-11-6-13(3)16(14(4)7-11)18-15(20)10-19(5)9-12(2)8-17/h6-7,12H,9-10H2,1-5H3,(H,18,20)/p+1/t12-/m1/s1. The van der Waals surface area contributed by atoms with E-state index < -0.39 is 0 Å². The molecular formula is C16H24N3O+. The minimum absolute atomic E-state index is 0.0114. The Morgan fingerprint density at radius 2 is 1.90 bits per heavy atom. The second-order valence-corrected chi connectivity index (χ2v) is 5.69. The predicted octanol–water partition coefficient (Wildman–Crippen LogP) is 1.22. The zero-order chi connectivity index (χ0) is 15.3. The summed E-state index contributed by atoms with van der Waals surface area (Å²) >= 11 is 0. The molecule has 20 heavy (non-hydrogen) atoms. The maximum atomic E-state index is 12.1. The van der Waals surface area contributed by atoms with Crippen LogP contribution in [0.3, 0.4) is 0 Å². The Labute approximate surface area is 121 Å². The van der Waals surface area contributed by atoms with Crippen molar-refractivity contribution in [3.05, 3.63) is 28.8 Å². The molecule has 0 aliphatic rings. The summed E-state index contributed by atoms with van der Waals surface area (Å²) < 4.78 is 0. The topological polar surface area (TPSA) is 57.3 Å². The van der Waals surface area contributed by atoms with E-state index in [1.807, 2.05) is 34.7 Å². The number of amides is 1. The van der Waals surface area contributed by atoms with Gasteiger partial charge in [0.1, 0.15) is 0 Å². The molecule has 0 aromatic heterocycles. The van der Waals surface area contributed by atoms with Gasteiger partial charge >= 0.3 is 0 Å². The van der Waals surface area contributed by atoms with Crippen molar-refractivity contribution >= 4 is 11.6 Å². The third kappa shape index (κ3) is 4.67. The van der Waals surface area contributed by atoms with Gasteiger partial charge in [-0.25, -0.2) is 0 Å². The summed E-state index contributed by atoms with van der Waals surface area (Å²) in [6.45, 7) is 8.98. The van der Waals surface area contributed by atoms with Crippen LogP contribution in [0.1, 0.15) is 23.6 Å². The second-order valence-electron chi connectivity index (χ2n) is 5.69. The number of aryl methyl sites for hydroxylation is 3. The molecule has 0 fully saturated rings. The van der Waals surface area contributed by atoms with Crippen molar-refractivity contribution in [2.24, 2.45) is 5.92 Å². The first-order valence-electron chi connectivity index (χ1n) is 6.92. The molecule has 1 amide bonds. The minimum atomic E-state index is -0.0364. The Balaban J connectivity index is 2.66. The van der Waals surface area contributed by atoms with Gasteiger partial charge in [-0.15, -0.1) is 0 Å². The number of hydrogen-bond donors (Lipinski definition) is 2. The van der Waals surface area contributed by atoms with Crippen molar-refractivity contribution in [2.75, 3.05) is 25.5 Å². The van der Waals surface area contributed by atoms with E-state index in [0.717, 1.165) is 21.7 Å². The van der Waals surface area contributed by atoms with Crippen molar-refractivity contribution in [1.29, 1.82) is 5.26 Å². The lowest BCUT2D eigenvalue weighted by molar-refractivity contribution is -0.873. The zero-order valence-electron chi connectivity index (χ0n) is 13.0. The molecule has 4 nitrogen and oxygen atoms in total. The van der Waals surface area contributed by atoms with Crippen LogP contribution in [-0.2, 0) is 4.79 Å². The van der Waals surface area contributed by atoms with Crippen LogP contribution in [0.25, 0.3) is 0 Å². The molecule has 2 atom stereocenters. The molecule has 0 radical (unpaired) electrons. The van der Waals surface area contributed by atoms with E-state index in [-0.39, 0.29) is 11.8 Å². The second kappa shape index (κ2) is 7.06. The molecule has 1 rings (SSSR count). The highest BCUT2D eigenvalue weighted by Gasteiger charge is 2.15. The molecule has 1 aromatic rings. The summed E-state index contributed by atoms with van der Waals surface area (Å²) in [7, 11) is 1.93. The Morgan fingerprint density at radius 1 is 1.35 bits per heavy atom. The molecule has 0 aliphatic carbocycles. The third-order valence-electron chi connectivity index (χ3n) is 3.28. The minimum Gasteiger partial charge on any atom is -0.329 e. The summed E-state index contributed by atoms with van der Waals surface area (Å²) in [5.74, 6) is -0.0478. The maximum Gasteiger partial charge on any atom is 0.279 e. The van der Waals surface area contributed by atoms with E-state index in [1.54, 1.807) is 0 Å². The highest BCUT2D eigenvalue weighted by molar-refractivity contribution is 5.93. The van der Waals surface area contributed by atoms with Crippen molar-refractivity contribution < 1.29 is 9.69 Å². The van der Waals surface area contributed by atoms with Gasteiger partial charge in [-0.2, -0.15) is 5.26 Å². The fourth-order valence-corrected chi connectivity index (χ4v) is 2.48. The normalized spacial score (nSPS) is 13.4. The van der Waals surface area contributed by atoms with Gasteiger partial charge in [-0.05, 0) is 38.8 Å². The molecule has 0 bridgehead atoms. The van der Waals surface area contributed by atoms with E-state index in [4.69, 9.17) is 5.26 Å². The number of benzene rings is 1. The summed E-state index contributed by atoms with van der Waals surface area (Å²) in [5.41, 5.74) is 4.27. The van der Waals surface area contributed by atoms with Crippen LogP contribution < -0.4 is 10.2 Å². The summed E-state index contributed by atoms with van der Waals surface area (Å²) in [6, 6.07) is 6.32. The van der Waals surface area contributed by atoms with Crippen LogP contribution in [0.15, 0.2) is 12.1 Å². The third-order valence-corrected chi connectivity index (χ3v) is 3.28. The van der Waals surface area contributed by atoms with Gasteiger partial charge in [-0.1, -0.05) is 17.7 Å².